The summed E-state index contributed by atoms with van der Waals surface area (Å²) in [5, 5.41) is 3.78. The molecule has 0 bridgehead atoms. The summed E-state index contributed by atoms with van der Waals surface area (Å²) in [6, 6.07) is 11.9. The van der Waals surface area contributed by atoms with Gasteiger partial charge >= 0.3 is 0 Å². The van der Waals surface area contributed by atoms with E-state index in [2.05, 4.69) is 15.2 Å². The maximum atomic E-state index is 13.3. The molecule has 0 saturated carbocycles. The standard InChI is InChI=1S/C25H28FN3O4S/c1-16-23(34-25(28-16)17-4-7-19(26)8-5-17)24(30)27-15-20(29-10-12-33-13-11-29)18-6-9-21(31-2)22(14-18)32-3/h4-9,14,20H,10-13,15H2,1-3H3,(H,27,30). The number of nitrogens with one attached hydrogen (secondary N) is 1. The second-order valence-electron chi connectivity index (χ2n) is 7.93. The maximum Gasteiger partial charge on any atom is 0.263 e. The number of halogens is 1. The van der Waals surface area contributed by atoms with Crippen molar-refractivity contribution in [2.75, 3.05) is 47.1 Å². The van der Waals surface area contributed by atoms with Crippen LogP contribution in [0.2, 0.25) is 0 Å². The van der Waals surface area contributed by atoms with E-state index in [1.807, 2.05) is 25.1 Å². The Bertz CT molecular complexity index is 1130. The summed E-state index contributed by atoms with van der Waals surface area (Å²) in [6.45, 7) is 5.05. The number of nitrogens with zero attached hydrogens (tertiary/aromatic N) is 2. The van der Waals surface area contributed by atoms with Crippen molar-refractivity contribution in [3.05, 3.63) is 64.4 Å². The SMILES string of the molecule is COc1ccc(C(CNC(=O)c2sc(-c3ccc(F)cc3)nc2C)N2CCOCC2)cc1OC. The summed E-state index contributed by atoms with van der Waals surface area (Å²) >= 11 is 1.30. The fourth-order valence-electron chi connectivity index (χ4n) is 4.00. The van der Waals surface area contributed by atoms with Gasteiger partial charge in [-0.2, -0.15) is 0 Å². The minimum absolute atomic E-state index is 0.0579. The van der Waals surface area contributed by atoms with Crippen LogP contribution in [0.4, 0.5) is 4.39 Å². The van der Waals surface area contributed by atoms with Gasteiger partial charge in [0.1, 0.15) is 15.7 Å². The largest absolute Gasteiger partial charge is 0.493 e. The lowest BCUT2D eigenvalue weighted by Gasteiger charge is -2.35. The number of hydrogen-bond donors (Lipinski definition) is 1. The molecule has 4 rings (SSSR count). The molecule has 0 radical (unpaired) electrons. The number of rotatable bonds is 8. The number of carbonyl (C=O) groups is 1. The monoisotopic (exact) mass is 485 g/mol. The summed E-state index contributed by atoms with van der Waals surface area (Å²) in [4.78, 5) is 20.5. The number of hydrogen-bond acceptors (Lipinski definition) is 7. The van der Waals surface area contributed by atoms with E-state index in [1.54, 1.807) is 26.4 Å². The van der Waals surface area contributed by atoms with Crippen LogP contribution >= 0.6 is 11.3 Å². The average molecular weight is 486 g/mol. The predicted molar refractivity (Wildman–Crippen MR) is 129 cm³/mol. The highest BCUT2D eigenvalue weighted by molar-refractivity contribution is 7.17. The molecule has 7 nitrogen and oxygen atoms in total. The summed E-state index contributed by atoms with van der Waals surface area (Å²) in [7, 11) is 3.22. The second kappa shape index (κ2) is 10.9. The van der Waals surface area contributed by atoms with Crippen molar-refractivity contribution in [1.82, 2.24) is 15.2 Å². The topological polar surface area (TPSA) is 72.9 Å². The Morgan fingerprint density at radius 3 is 2.53 bits per heavy atom. The molecule has 34 heavy (non-hydrogen) atoms. The first-order valence-corrected chi connectivity index (χ1v) is 11.9. The van der Waals surface area contributed by atoms with Gasteiger partial charge in [0.05, 0.1) is 39.2 Å². The Hall–Kier alpha value is -3.01. The van der Waals surface area contributed by atoms with Gasteiger partial charge in [-0.1, -0.05) is 6.07 Å². The molecule has 1 fully saturated rings. The third-order valence-corrected chi connectivity index (χ3v) is 7.03. The summed E-state index contributed by atoms with van der Waals surface area (Å²) in [6.07, 6.45) is 0. The zero-order valence-electron chi connectivity index (χ0n) is 19.5. The summed E-state index contributed by atoms with van der Waals surface area (Å²) in [5.41, 5.74) is 2.45. The highest BCUT2D eigenvalue weighted by Crippen LogP contribution is 2.32. The van der Waals surface area contributed by atoms with Crippen molar-refractivity contribution in [3.8, 4) is 22.1 Å². The number of methoxy groups -OCH3 is 2. The molecule has 3 aromatic rings. The lowest BCUT2D eigenvalue weighted by atomic mass is 10.0. The summed E-state index contributed by atoms with van der Waals surface area (Å²) in [5.74, 6) is 0.817. The van der Waals surface area contributed by atoms with Gasteiger partial charge in [0.2, 0.25) is 0 Å². The van der Waals surface area contributed by atoms with Crippen LogP contribution in [0.25, 0.3) is 10.6 Å². The molecule has 1 aliphatic heterocycles. The Kier molecular flexibility index (Phi) is 7.77. The first-order chi connectivity index (χ1) is 16.5. The van der Waals surface area contributed by atoms with Crippen molar-refractivity contribution in [3.63, 3.8) is 0 Å². The smallest absolute Gasteiger partial charge is 0.263 e. The van der Waals surface area contributed by atoms with E-state index in [-0.39, 0.29) is 17.8 Å². The van der Waals surface area contributed by atoms with Gasteiger partial charge in [-0.05, 0) is 48.9 Å². The van der Waals surface area contributed by atoms with Gasteiger partial charge in [-0.3, -0.25) is 9.69 Å². The van der Waals surface area contributed by atoms with Crippen molar-refractivity contribution in [2.45, 2.75) is 13.0 Å². The molecule has 1 atom stereocenters. The van der Waals surface area contributed by atoms with Crippen LogP contribution in [0.15, 0.2) is 42.5 Å². The number of aromatic nitrogens is 1. The normalized spacial score (nSPS) is 15.1. The molecule has 1 amide bonds. The highest BCUT2D eigenvalue weighted by Gasteiger charge is 2.25. The van der Waals surface area contributed by atoms with Gasteiger partial charge in [0, 0.05) is 25.2 Å². The molecule has 1 N–H and O–H groups in total. The number of carbonyl (C=O) groups excluding carboxylic acids is 1. The molecule has 1 unspecified atom stereocenters. The number of thiazole rings is 1. The lowest BCUT2D eigenvalue weighted by Crippen LogP contribution is -2.43. The number of morpholine rings is 1. The molecule has 2 heterocycles. The maximum absolute atomic E-state index is 13.3. The zero-order chi connectivity index (χ0) is 24.1. The molecule has 1 aromatic heterocycles. The van der Waals surface area contributed by atoms with Crippen molar-refractivity contribution in [2.24, 2.45) is 0 Å². The predicted octanol–water partition coefficient (Wildman–Crippen LogP) is 4.08. The van der Waals surface area contributed by atoms with E-state index >= 15 is 0 Å². The van der Waals surface area contributed by atoms with E-state index in [0.29, 0.717) is 46.8 Å². The molecule has 180 valence electrons. The molecule has 1 aliphatic rings. The fraction of sp³-hybridized carbons (Fsp3) is 0.360. The molecular weight excluding hydrogens is 457 g/mol. The van der Waals surface area contributed by atoms with Gasteiger partial charge < -0.3 is 19.5 Å². The van der Waals surface area contributed by atoms with E-state index in [1.165, 1.54) is 23.5 Å². The van der Waals surface area contributed by atoms with Crippen LogP contribution in [-0.2, 0) is 4.74 Å². The average Bonchev–Trinajstić information content (AvgIpc) is 3.26. The number of amides is 1. The van der Waals surface area contributed by atoms with Crippen molar-refractivity contribution < 1.29 is 23.4 Å². The Morgan fingerprint density at radius 2 is 1.85 bits per heavy atom. The minimum Gasteiger partial charge on any atom is -0.493 e. The van der Waals surface area contributed by atoms with E-state index in [9.17, 15) is 9.18 Å². The van der Waals surface area contributed by atoms with Crippen LogP contribution in [0, 0.1) is 12.7 Å². The van der Waals surface area contributed by atoms with Crippen LogP contribution in [0.1, 0.15) is 27.0 Å². The first-order valence-electron chi connectivity index (χ1n) is 11.1. The Labute approximate surface area is 202 Å². The van der Waals surface area contributed by atoms with Gasteiger partial charge in [-0.25, -0.2) is 9.37 Å². The van der Waals surface area contributed by atoms with Crippen LogP contribution in [0.3, 0.4) is 0 Å². The van der Waals surface area contributed by atoms with Crippen LogP contribution < -0.4 is 14.8 Å². The van der Waals surface area contributed by atoms with Gasteiger partial charge in [0.25, 0.3) is 5.91 Å². The molecule has 0 aliphatic carbocycles. The minimum atomic E-state index is -0.306. The lowest BCUT2D eigenvalue weighted by molar-refractivity contribution is 0.0162. The van der Waals surface area contributed by atoms with E-state index in [4.69, 9.17) is 14.2 Å². The number of aryl methyl sites for hydroxylation is 1. The molecule has 9 heteroatoms. The van der Waals surface area contributed by atoms with E-state index in [0.717, 1.165) is 24.2 Å². The summed E-state index contributed by atoms with van der Waals surface area (Å²) < 4.78 is 29.7. The number of ether oxygens (including phenoxy) is 3. The molecule has 2 aromatic carbocycles. The van der Waals surface area contributed by atoms with Gasteiger partial charge in [-0.15, -0.1) is 11.3 Å². The first kappa shape index (κ1) is 24.1. The third kappa shape index (κ3) is 5.38. The Morgan fingerprint density at radius 1 is 1.15 bits per heavy atom. The highest BCUT2D eigenvalue weighted by atomic mass is 32.1. The molecule has 0 spiro atoms. The van der Waals surface area contributed by atoms with E-state index < -0.39 is 0 Å². The van der Waals surface area contributed by atoms with Crippen molar-refractivity contribution in [1.29, 1.82) is 0 Å². The quantitative estimate of drug-likeness (QED) is 0.519. The van der Waals surface area contributed by atoms with Crippen molar-refractivity contribution >= 4 is 17.2 Å². The van der Waals surface area contributed by atoms with Crippen LogP contribution in [0.5, 0.6) is 11.5 Å². The van der Waals surface area contributed by atoms with Crippen LogP contribution in [-0.4, -0.2) is 62.9 Å². The third-order valence-electron chi connectivity index (χ3n) is 5.83. The molecule has 1 saturated heterocycles. The fourth-order valence-corrected chi connectivity index (χ4v) is 4.99. The number of benzene rings is 2. The van der Waals surface area contributed by atoms with Gasteiger partial charge in [0.15, 0.2) is 11.5 Å². The Balaban J connectivity index is 1.53. The second-order valence-corrected chi connectivity index (χ2v) is 8.93. The molecular formula is C25H28FN3O4S. The zero-order valence-corrected chi connectivity index (χ0v) is 20.3.